The summed E-state index contributed by atoms with van der Waals surface area (Å²) < 4.78 is 40.7. The monoisotopic (exact) mass is 351 g/mol. The lowest BCUT2D eigenvalue weighted by molar-refractivity contribution is -0.125. The summed E-state index contributed by atoms with van der Waals surface area (Å²) in [6.45, 7) is 0. The van der Waals surface area contributed by atoms with Crippen LogP contribution in [0.25, 0.3) is 0 Å². The van der Waals surface area contributed by atoms with Gasteiger partial charge in [-0.3, -0.25) is 4.79 Å². The van der Waals surface area contributed by atoms with E-state index in [9.17, 15) is 18.0 Å². The second kappa shape index (κ2) is 6.33. The molecule has 136 valence electrons. The third kappa shape index (κ3) is 2.96. The molecule has 0 radical (unpaired) electrons. The highest BCUT2D eigenvalue weighted by Gasteiger charge is 2.61. The van der Waals surface area contributed by atoms with Crippen LogP contribution in [-0.4, -0.2) is 18.4 Å². The average molecular weight is 351 g/mol. The van der Waals surface area contributed by atoms with E-state index in [0.29, 0.717) is 6.42 Å². The van der Waals surface area contributed by atoms with Crippen LogP contribution < -0.4 is 5.32 Å². The molecule has 4 rings (SSSR count). The lowest BCUT2D eigenvalue weighted by Crippen LogP contribution is -2.47. The summed E-state index contributed by atoms with van der Waals surface area (Å²) in [7, 11) is 0. The van der Waals surface area contributed by atoms with Crippen molar-refractivity contribution in [1.29, 1.82) is 0 Å². The molecule has 0 aliphatic heterocycles. The Morgan fingerprint density at radius 2 is 1.96 bits per heavy atom. The number of halogens is 3. The van der Waals surface area contributed by atoms with Gasteiger partial charge in [-0.25, -0.2) is 13.2 Å². The Kier molecular flexibility index (Phi) is 4.28. The molecule has 0 heterocycles. The van der Waals surface area contributed by atoms with Crippen molar-refractivity contribution in [1.82, 2.24) is 5.32 Å². The number of carbonyl (C=O) groups is 1. The molecule has 0 aromatic heterocycles. The number of benzene rings is 1. The van der Waals surface area contributed by atoms with Crippen LogP contribution in [0, 0.1) is 17.7 Å². The third-order valence-electron chi connectivity index (χ3n) is 6.58. The predicted molar refractivity (Wildman–Crippen MR) is 89.0 cm³/mol. The zero-order valence-electron chi connectivity index (χ0n) is 14.2. The molecule has 0 bridgehead atoms. The van der Waals surface area contributed by atoms with Crippen molar-refractivity contribution in [2.45, 2.75) is 69.2 Å². The molecule has 5 heteroatoms. The van der Waals surface area contributed by atoms with Gasteiger partial charge in [-0.05, 0) is 61.3 Å². The van der Waals surface area contributed by atoms with E-state index < -0.39 is 12.5 Å². The second-order valence-corrected chi connectivity index (χ2v) is 7.98. The Morgan fingerprint density at radius 1 is 1.20 bits per heavy atom. The van der Waals surface area contributed by atoms with Crippen LogP contribution >= 0.6 is 0 Å². The van der Waals surface area contributed by atoms with Gasteiger partial charge in [-0.15, -0.1) is 0 Å². The highest BCUT2D eigenvalue weighted by atomic mass is 19.3. The summed E-state index contributed by atoms with van der Waals surface area (Å²) in [5, 5.41) is 2.66. The summed E-state index contributed by atoms with van der Waals surface area (Å²) in [5.74, 6) is -0.979. The van der Waals surface area contributed by atoms with E-state index in [-0.39, 0.29) is 29.0 Å². The van der Waals surface area contributed by atoms with E-state index in [2.05, 4.69) is 5.32 Å². The maximum atomic E-state index is 13.6. The number of alkyl halides is 2. The number of hydrogen-bond acceptors (Lipinski definition) is 1. The highest BCUT2D eigenvalue weighted by molar-refractivity contribution is 5.85. The van der Waals surface area contributed by atoms with Crippen LogP contribution in [0.2, 0.25) is 0 Å². The van der Waals surface area contributed by atoms with Gasteiger partial charge in [0, 0.05) is 11.3 Å². The fraction of sp³-hybridized carbons (Fsp3) is 0.650. The highest BCUT2D eigenvalue weighted by Crippen LogP contribution is 2.61. The fourth-order valence-electron chi connectivity index (χ4n) is 5.09. The van der Waals surface area contributed by atoms with Gasteiger partial charge in [0.25, 0.3) is 6.43 Å². The van der Waals surface area contributed by atoms with E-state index in [4.69, 9.17) is 0 Å². The van der Waals surface area contributed by atoms with Crippen molar-refractivity contribution in [2.24, 2.45) is 11.8 Å². The molecular formula is C20H24F3NO. The van der Waals surface area contributed by atoms with Crippen molar-refractivity contribution < 1.29 is 18.0 Å². The number of rotatable bonds is 4. The fourth-order valence-corrected chi connectivity index (χ4v) is 5.09. The first-order valence-electron chi connectivity index (χ1n) is 9.39. The van der Waals surface area contributed by atoms with Gasteiger partial charge >= 0.3 is 0 Å². The van der Waals surface area contributed by atoms with Crippen molar-refractivity contribution in [3.05, 3.63) is 35.1 Å². The summed E-state index contributed by atoms with van der Waals surface area (Å²) in [6.07, 6.45) is 4.30. The van der Waals surface area contributed by atoms with E-state index in [1.165, 1.54) is 12.1 Å². The molecule has 2 saturated carbocycles. The summed E-state index contributed by atoms with van der Waals surface area (Å²) in [6, 6.07) is 3.72. The second-order valence-electron chi connectivity index (χ2n) is 7.98. The summed E-state index contributed by atoms with van der Waals surface area (Å²) >= 11 is 0. The zero-order valence-corrected chi connectivity index (χ0v) is 14.2. The Labute approximate surface area is 146 Å². The molecule has 1 aromatic rings. The quantitative estimate of drug-likeness (QED) is 0.858. The average Bonchev–Trinajstić information content (AvgIpc) is 3.24. The minimum absolute atomic E-state index is 0.124. The van der Waals surface area contributed by atoms with Crippen molar-refractivity contribution in [3.63, 3.8) is 0 Å². The number of aryl methyl sites for hydroxylation is 1. The molecule has 3 atom stereocenters. The first kappa shape index (κ1) is 16.9. The van der Waals surface area contributed by atoms with Crippen LogP contribution in [0.15, 0.2) is 18.2 Å². The maximum absolute atomic E-state index is 13.6. The third-order valence-corrected chi connectivity index (χ3v) is 6.58. The smallest absolute Gasteiger partial charge is 0.258 e. The molecular weight excluding hydrogens is 327 g/mol. The van der Waals surface area contributed by atoms with Gasteiger partial charge < -0.3 is 5.32 Å². The van der Waals surface area contributed by atoms with E-state index in [1.807, 2.05) is 0 Å². The molecule has 1 N–H and O–H groups in total. The zero-order chi connectivity index (χ0) is 17.6. The molecule has 3 aliphatic carbocycles. The molecule has 2 fully saturated rings. The molecule has 1 spiro atoms. The molecule has 1 aromatic carbocycles. The van der Waals surface area contributed by atoms with Gasteiger partial charge in [0.1, 0.15) is 5.82 Å². The van der Waals surface area contributed by atoms with Crippen molar-refractivity contribution in [2.75, 3.05) is 0 Å². The molecule has 2 nitrogen and oxygen atoms in total. The van der Waals surface area contributed by atoms with Crippen LogP contribution in [-0.2, 0) is 16.6 Å². The van der Waals surface area contributed by atoms with Crippen LogP contribution in [0.4, 0.5) is 13.2 Å². The van der Waals surface area contributed by atoms with Gasteiger partial charge in [0.2, 0.25) is 5.91 Å². The molecule has 2 unspecified atom stereocenters. The summed E-state index contributed by atoms with van der Waals surface area (Å²) in [5.41, 5.74) is 1.69. The van der Waals surface area contributed by atoms with E-state index in [0.717, 1.165) is 56.1 Å². The minimum atomic E-state index is -2.53. The lowest BCUT2D eigenvalue weighted by atomic mass is 9.84. The van der Waals surface area contributed by atoms with Crippen LogP contribution in [0.5, 0.6) is 0 Å². The normalized spacial score (nSPS) is 29.7. The molecule has 3 aliphatic rings. The number of amides is 1. The standard InChI is InChI=1S/C20H24F3NO/c21-14-7-6-12-8-9-20(15(12)10-14)11-16(20)19(25)24-17(18(22)23)13-4-2-1-3-5-13/h6-7,10,13,16-18H,1-5,8-9,11H2,(H,24,25)/t16?,17-,20?/m1/s1. The van der Waals surface area contributed by atoms with E-state index >= 15 is 0 Å². The SMILES string of the molecule is O=C(N[C@@H](C(F)F)C1CCCCC1)C1CC12CCc1ccc(F)cc12. The Morgan fingerprint density at radius 3 is 2.68 bits per heavy atom. The van der Waals surface area contributed by atoms with Gasteiger partial charge in [0.15, 0.2) is 0 Å². The Balaban J connectivity index is 1.47. The number of fused-ring (bicyclic) bond motifs is 2. The van der Waals surface area contributed by atoms with Crippen LogP contribution in [0.3, 0.4) is 0 Å². The first-order valence-corrected chi connectivity index (χ1v) is 9.39. The number of carbonyl (C=O) groups excluding carboxylic acids is 1. The Hall–Kier alpha value is -1.52. The van der Waals surface area contributed by atoms with Crippen molar-refractivity contribution in [3.8, 4) is 0 Å². The van der Waals surface area contributed by atoms with Gasteiger partial charge in [-0.1, -0.05) is 25.3 Å². The van der Waals surface area contributed by atoms with Gasteiger partial charge in [0.05, 0.1) is 6.04 Å². The largest absolute Gasteiger partial charge is 0.347 e. The summed E-state index contributed by atoms with van der Waals surface area (Å²) in [4.78, 5) is 12.7. The topological polar surface area (TPSA) is 29.1 Å². The predicted octanol–water partition coefficient (Wildman–Crippen LogP) is 4.36. The van der Waals surface area contributed by atoms with Crippen LogP contribution in [0.1, 0.15) is 56.1 Å². The lowest BCUT2D eigenvalue weighted by Gasteiger charge is -2.30. The molecule has 25 heavy (non-hydrogen) atoms. The number of nitrogens with one attached hydrogen (secondary N) is 1. The Bertz CT molecular complexity index is 671. The molecule has 0 saturated heterocycles. The maximum Gasteiger partial charge on any atom is 0.258 e. The van der Waals surface area contributed by atoms with Gasteiger partial charge in [-0.2, -0.15) is 0 Å². The number of hydrogen-bond donors (Lipinski definition) is 1. The van der Waals surface area contributed by atoms with E-state index in [1.54, 1.807) is 6.07 Å². The first-order chi connectivity index (χ1) is 12.0. The van der Waals surface area contributed by atoms with Crippen molar-refractivity contribution >= 4 is 5.91 Å². The molecule has 1 amide bonds. The minimum Gasteiger partial charge on any atom is -0.347 e.